The van der Waals surface area contributed by atoms with Crippen LogP contribution in [0.25, 0.3) is 0 Å². The van der Waals surface area contributed by atoms with Crippen LogP contribution >= 0.6 is 11.8 Å². The molecule has 4 heteroatoms. The molecule has 0 aromatic rings. The Hall–Kier alpha value is -0.380. The van der Waals surface area contributed by atoms with Crippen LogP contribution in [0.15, 0.2) is 0 Å². The average molecular weight is 270 g/mol. The maximum absolute atomic E-state index is 12.2. The van der Waals surface area contributed by atoms with E-state index in [-0.39, 0.29) is 6.03 Å². The number of likely N-dealkylation sites (tertiary alicyclic amines) is 1. The molecule has 2 aliphatic rings. The predicted molar refractivity (Wildman–Crippen MR) is 78.1 cm³/mol. The van der Waals surface area contributed by atoms with Crippen LogP contribution in [0.5, 0.6) is 0 Å². The van der Waals surface area contributed by atoms with Crippen molar-refractivity contribution in [2.45, 2.75) is 62.7 Å². The smallest absolute Gasteiger partial charge is 0.317 e. The third-order valence-electron chi connectivity index (χ3n) is 4.23. The van der Waals surface area contributed by atoms with Gasteiger partial charge in [-0.05, 0) is 44.8 Å². The van der Waals surface area contributed by atoms with Gasteiger partial charge in [-0.1, -0.05) is 12.8 Å². The second kappa shape index (κ2) is 7.27. The number of carbonyl (C=O) groups excluding carboxylic acids is 1. The lowest BCUT2D eigenvalue weighted by molar-refractivity contribution is 0.192. The summed E-state index contributed by atoms with van der Waals surface area (Å²) in [5.41, 5.74) is 0. The summed E-state index contributed by atoms with van der Waals surface area (Å²) in [5, 5.41) is 4.05. The summed E-state index contributed by atoms with van der Waals surface area (Å²) in [7, 11) is 0. The largest absolute Gasteiger partial charge is 0.335 e. The summed E-state index contributed by atoms with van der Waals surface area (Å²) < 4.78 is 0. The number of carbonyl (C=O) groups is 1. The molecule has 0 radical (unpaired) electrons. The Bertz CT molecular complexity index is 257. The van der Waals surface area contributed by atoms with Crippen LogP contribution < -0.4 is 5.32 Å². The number of hydrogen-bond acceptors (Lipinski definition) is 2. The number of nitrogens with zero attached hydrogens (tertiary/aromatic N) is 1. The second-order valence-electron chi connectivity index (χ2n) is 5.56. The van der Waals surface area contributed by atoms with Gasteiger partial charge in [0.05, 0.1) is 0 Å². The molecule has 1 saturated heterocycles. The molecule has 1 saturated carbocycles. The highest BCUT2D eigenvalue weighted by atomic mass is 32.2. The molecule has 0 aromatic carbocycles. The van der Waals surface area contributed by atoms with E-state index in [2.05, 4.69) is 11.6 Å². The predicted octanol–water partition coefficient (Wildman–Crippen LogP) is 3.25. The van der Waals surface area contributed by atoms with Crippen LogP contribution in [0.3, 0.4) is 0 Å². The standard InChI is InChI=1S/C14H26N2OS/c1-18-13-8-6-12(7-9-13)15-14(17)16-10-4-2-3-5-11-16/h12-13H,2-11H2,1H3,(H,15,17). The Morgan fingerprint density at radius 2 is 1.67 bits per heavy atom. The van der Waals surface area contributed by atoms with Crippen molar-refractivity contribution in [3.8, 4) is 0 Å². The number of hydrogen-bond donors (Lipinski definition) is 1. The molecule has 3 nitrogen and oxygen atoms in total. The molecule has 1 N–H and O–H groups in total. The highest BCUT2D eigenvalue weighted by Crippen LogP contribution is 2.27. The third-order valence-corrected chi connectivity index (χ3v) is 5.37. The third kappa shape index (κ3) is 4.08. The van der Waals surface area contributed by atoms with Gasteiger partial charge in [-0.15, -0.1) is 0 Å². The monoisotopic (exact) mass is 270 g/mol. The lowest BCUT2D eigenvalue weighted by Gasteiger charge is -2.30. The van der Waals surface area contributed by atoms with Crippen LogP contribution in [-0.2, 0) is 0 Å². The van der Waals surface area contributed by atoms with Crippen molar-refractivity contribution in [3.63, 3.8) is 0 Å². The van der Waals surface area contributed by atoms with Crippen LogP contribution in [0.4, 0.5) is 4.79 Å². The first-order valence-electron chi connectivity index (χ1n) is 7.38. The summed E-state index contributed by atoms with van der Waals surface area (Å²) in [4.78, 5) is 14.2. The van der Waals surface area contributed by atoms with Gasteiger partial charge in [0, 0.05) is 24.4 Å². The summed E-state index contributed by atoms with van der Waals surface area (Å²) in [6.45, 7) is 1.90. The fraction of sp³-hybridized carbons (Fsp3) is 0.929. The van der Waals surface area contributed by atoms with E-state index in [4.69, 9.17) is 0 Å². The van der Waals surface area contributed by atoms with Crippen LogP contribution in [0, 0.1) is 0 Å². The van der Waals surface area contributed by atoms with Crippen molar-refractivity contribution < 1.29 is 4.79 Å². The lowest BCUT2D eigenvalue weighted by Crippen LogP contribution is -2.46. The molecule has 2 fully saturated rings. The Morgan fingerprint density at radius 3 is 2.22 bits per heavy atom. The van der Waals surface area contributed by atoms with E-state index in [9.17, 15) is 4.79 Å². The fourth-order valence-electron chi connectivity index (χ4n) is 2.98. The average Bonchev–Trinajstić information content (AvgIpc) is 2.68. The molecule has 1 aliphatic heterocycles. The molecule has 1 aliphatic carbocycles. The first-order chi connectivity index (χ1) is 8.79. The molecule has 2 rings (SSSR count). The van der Waals surface area contributed by atoms with Crippen molar-refractivity contribution in [1.82, 2.24) is 10.2 Å². The molecular formula is C14H26N2OS. The van der Waals surface area contributed by atoms with Crippen LogP contribution in [0.1, 0.15) is 51.4 Å². The van der Waals surface area contributed by atoms with Crippen molar-refractivity contribution >= 4 is 17.8 Å². The number of urea groups is 1. The van der Waals surface area contributed by atoms with Gasteiger partial charge in [0.15, 0.2) is 0 Å². The number of amides is 2. The van der Waals surface area contributed by atoms with Gasteiger partial charge >= 0.3 is 6.03 Å². The topological polar surface area (TPSA) is 32.3 Å². The van der Waals surface area contributed by atoms with E-state index >= 15 is 0 Å². The molecule has 18 heavy (non-hydrogen) atoms. The highest BCUT2D eigenvalue weighted by molar-refractivity contribution is 7.99. The van der Waals surface area contributed by atoms with E-state index in [1.165, 1.54) is 38.5 Å². The Morgan fingerprint density at radius 1 is 1.06 bits per heavy atom. The quantitative estimate of drug-likeness (QED) is 0.835. The SMILES string of the molecule is CSC1CCC(NC(=O)N2CCCCCC2)CC1. The maximum atomic E-state index is 12.2. The Balaban J connectivity index is 1.73. The van der Waals surface area contributed by atoms with Gasteiger partial charge in [0.25, 0.3) is 0 Å². The minimum absolute atomic E-state index is 0.185. The minimum atomic E-state index is 0.185. The summed E-state index contributed by atoms with van der Waals surface area (Å²) in [6.07, 6.45) is 11.9. The van der Waals surface area contributed by atoms with Crippen LogP contribution in [-0.4, -0.2) is 41.6 Å². The highest BCUT2D eigenvalue weighted by Gasteiger charge is 2.23. The first-order valence-corrected chi connectivity index (χ1v) is 8.66. The van der Waals surface area contributed by atoms with Gasteiger partial charge in [0.2, 0.25) is 0 Å². The molecule has 0 unspecified atom stereocenters. The van der Waals surface area contributed by atoms with Gasteiger partial charge in [-0.3, -0.25) is 0 Å². The maximum Gasteiger partial charge on any atom is 0.317 e. The van der Waals surface area contributed by atoms with Gasteiger partial charge in [-0.25, -0.2) is 4.79 Å². The van der Waals surface area contributed by atoms with Gasteiger partial charge in [0.1, 0.15) is 0 Å². The van der Waals surface area contributed by atoms with E-state index in [0.29, 0.717) is 6.04 Å². The van der Waals surface area contributed by atoms with E-state index < -0.39 is 0 Å². The number of thioether (sulfide) groups is 1. The lowest BCUT2D eigenvalue weighted by atomic mass is 9.95. The first kappa shape index (κ1) is 14.0. The van der Waals surface area contributed by atoms with E-state index in [1.807, 2.05) is 16.7 Å². The molecule has 0 aromatic heterocycles. The van der Waals surface area contributed by atoms with Crippen molar-refractivity contribution in [2.75, 3.05) is 19.3 Å². The zero-order valence-corrected chi connectivity index (χ0v) is 12.3. The van der Waals surface area contributed by atoms with Gasteiger partial charge < -0.3 is 10.2 Å². The zero-order chi connectivity index (χ0) is 12.8. The summed E-state index contributed by atoms with van der Waals surface area (Å²) in [5.74, 6) is 0. The normalized spacial score (nSPS) is 29.7. The molecular weight excluding hydrogens is 244 g/mol. The van der Waals surface area contributed by atoms with Crippen molar-refractivity contribution in [2.24, 2.45) is 0 Å². The van der Waals surface area contributed by atoms with Crippen LogP contribution in [0.2, 0.25) is 0 Å². The van der Waals surface area contributed by atoms with E-state index in [1.54, 1.807) is 0 Å². The Kier molecular flexibility index (Phi) is 5.67. The molecule has 0 atom stereocenters. The van der Waals surface area contributed by atoms with Crippen molar-refractivity contribution in [1.29, 1.82) is 0 Å². The molecule has 1 heterocycles. The summed E-state index contributed by atoms with van der Waals surface area (Å²) in [6, 6.07) is 0.605. The summed E-state index contributed by atoms with van der Waals surface area (Å²) >= 11 is 1.97. The molecule has 0 spiro atoms. The zero-order valence-electron chi connectivity index (χ0n) is 11.5. The number of nitrogens with one attached hydrogen (secondary N) is 1. The molecule has 2 amide bonds. The fourth-order valence-corrected chi connectivity index (χ4v) is 3.73. The van der Waals surface area contributed by atoms with E-state index in [0.717, 1.165) is 31.2 Å². The minimum Gasteiger partial charge on any atom is -0.335 e. The second-order valence-corrected chi connectivity index (χ2v) is 6.70. The van der Waals surface area contributed by atoms with Crippen molar-refractivity contribution in [3.05, 3.63) is 0 Å². The van der Waals surface area contributed by atoms with Gasteiger partial charge in [-0.2, -0.15) is 11.8 Å². The molecule has 104 valence electrons. The Labute approximate surface area is 115 Å². The molecule has 0 bridgehead atoms. The number of rotatable bonds is 2.